The Labute approximate surface area is 146 Å². The van der Waals surface area contributed by atoms with Crippen LogP contribution in [0.2, 0.25) is 0 Å². The van der Waals surface area contributed by atoms with Gasteiger partial charge in [0.15, 0.2) is 5.17 Å². The lowest BCUT2D eigenvalue weighted by molar-refractivity contribution is -0.135. The summed E-state index contributed by atoms with van der Waals surface area (Å²) in [7, 11) is 1.37. The molecule has 5 heteroatoms. The molecule has 0 aliphatic carbocycles. The van der Waals surface area contributed by atoms with E-state index < -0.39 is 0 Å². The summed E-state index contributed by atoms with van der Waals surface area (Å²) in [5.41, 5.74) is 9.38. The molecule has 2 aromatic carbocycles. The number of amidine groups is 1. The third kappa shape index (κ3) is 5.59. The van der Waals surface area contributed by atoms with Crippen LogP contribution in [0.4, 0.5) is 5.69 Å². The van der Waals surface area contributed by atoms with Gasteiger partial charge in [0, 0.05) is 11.3 Å². The number of ether oxygens (including phenoxy) is 1. The van der Waals surface area contributed by atoms with Gasteiger partial charge in [-0.15, -0.1) is 0 Å². The zero-order valence-electron chi connectivity index (χ0n) is 13.7. The lowest BCUT2D eigenvalue weighted by Crippen LogP contribution is -2.12. The summed E-state index contributed by atoms with van der Waals surface area (Å²) in [6.07, 6.45) is 1.81. The molecule has 0 heterocycles. The zero-order valence-corrected chi connectivity index (χ0v) is 14.5. The fourth-order valence-electron chi connectivity index (χ4n) is 1.97. The Balaban J connectivity index is 2.10. The normalized spacial score (nSPS) is 12.1. The van der Waals surface area contributed by atoms with Crippen LogP contribution in [0, 0.1) is 6.92 Å². The molecule has 0 spiro atoms. The third-order valence-corrected chi connectivity index (χ3v) is 4.08. The van der Waals surface area contributed by atoms with Crippen molar-refractivity contribution < 1.29 is 9.53 Å². The van der Waals surface area contributed by atoms with Gasteiger partial charge in [0.25, 0.3) is 0 Å². The van der Waals surface area contributed by atoms with Crippen molar-refractivity contribution in [3.63, 3.8) is 0 Å². The lowest BCUT2D eigenvalue weighted by Gasteiger charge is -2.06. The molecule has 24 heavy (non-hydrogen) atoms. The molecule has 0 amide bonds. The molecular weight excluding hydrogens is 320 g/mol. The molecule has 0 aromatic heterocycles. The minimum atomic E-state index is -0.365. The van der Waals surface area contributed by atoms with Gasteiger partial charge in [-0.25, -0.2) is 9.79 Å². The van der Waals surface area contributed by atoms with Gasteiger partial charge in [-0.1, -0.05) is 59.8 Å². The van der Waals surface area contributed by atoms with Crippen LogP contribution in [-0.4, -0.2) is 24.0 Å². The van der Waals surface area contributed by atoms with Crippen molar-refractivity contribution in [1.29, 1.82) is 0 Å². The molecule has 4 nitrogen and oxygen atoms in total. The maximum absolute atomic E-state index is 12.0. The Morgan fingerprint density at radius 2 is 1.83 bits per heavy atom. The van der Waals surface area contributed by atoms with Crippen molar-refractivity contribution in [2.24, 2.45) is 10.7 Å². The molecule has 2 rings (SSSR count). The average Bonchev–Trinajstić information content (AvgIpc) is 2.60. The Hall–Kier alpha value is -2.53. The zero-order chi connectivity index (χ0) is 17.4. The first kappa shape index (κ1) is 17.8. The monoisotopic (exact) mass is 340 g/mol. The fraction of sp³-hybridized carbons (Fsp3) is 0.158. The predicted molar refractivity (Wildman–Crippen MR) is 101 cm³/mol. The van der Waals surface area contributed by atoms with Crippen molar-refractivity contribution in [2.75, 3.05) is 12.9 Å². The molecule has 0 aliphatic rings. The first-order chi connectivity index (χ1) is 11.6. The molecule has 0 saturated heterocycles. The van der Waals surface area contributed by atoms with E-state index in [-0.39, 0.29) is 5.97 Å². The summed E-state index contributed by atoms with van der Waals surface area (Å²) in [5, 5.41) is 0.403. The van der Waals surface area contributed by atoms with Crippen molar-refractivity contribution in [1.82, 2.24) is 0 Å². The highest BCUT2D eigenvalue weighted by Crippen LogP contribution is 2.17. The topological polar surface area (TPSA) is 64.7 Å². The predicted octanol–water partition coefficient (Wildman–Crippen LogP) is 3.93. The minimum Gasteiger partial charge on any atom is -0.466 e. The quantitative estimate of drug-likeness (QED) is 0.388. The number of rotatable bonds is 5. The summed E-state index contributed by atoms with van der Waals surface area (Å²) in [5.74, 6) is 0.0264. The molecule has 0 atom stereocenters. The number of para-hydroxylation sites is 1. The molecule has 0 radical (unpaired) electrons. The summed E-state index contributed by atoms with van der Waals surface area (Å²) in [4.78, 5) is 16.3. The standard InChI is InChI=1S/C19H20N2O2S/c1-14-8-10-15(11-9-14)12-16(18(22)23-2)13-24-19(20)21-17-6-4-3-5-7-17/h3-12H,13H2,1-2H3,(H2,20,21)/b16-12+. The van der Waals surface area contributed by atoms with Crippen LogP contribution < -0.4 is 5.73 Å². The van der Waals surface area contributed by atoms with Gasteiger partial charge in [0.05, 0.1) is 12.8 Å². The van der Waals surface area contributed by atoms with E-state index in [0.717, 1.165) is 11.3 Å². The number of hydrogen-bond acceptors (Lipinski definition) is 4. The summed E-state index contributed by atoms with van der Waals surface area (Å²) < 4.78 is 4.86. The first-order valence-corrected chi connectivity index (χ1v) is 8.44. The molecule has 0 saturated carbocycles. The molecule has 0 unspecified atom stereocenters. The van der Waals surface area contributed by atoms with Crippen LogP contribution in [0.15, 0.2) is 65.2 Å². The number of aliphatic imine (C=N–C) groups is 1. The minimum absolute atomic E-state index is 0.365. The van der Waals surface area contributed by atoms with E-state index in [4.69, 9.17) is 10.5 Å². The van der Waals surface area contributed by atoms with Gasteiger partial charge < -0.3 is 10.5 Å². The smallest absolute Gasteiger partial charge is 0.334 e. The number of carbonyl (C=O) groups excluding carboxylic acids is 1. The van der Waals surface area contributed by atoms with E-state index in [2.05, 4.69) is 4.99 Å². The molecule has 0 fully saturated rings. The highest BCUT2D eigenvalue weighted by molar-refractivity contribution is 8.14. The number of methoxy groups -OCH3 is 1. The second-order valence-corrected chi connectivity index (χ2v) is 6.14. The average molecular weight is 340 g/mol. The Morgan fingerprint density at radius 3 is 2.46 bits per heavy atom. The maximum atomic E-state index is 12.0. The van der Waals surface area contributed by atoms with Gasteiger partial charge in [0.2, 0.25) is 0 Å². The van der Waals surface area contributed by atoms with Crippen LogP contribution in [0.1, 0.15) is 11.1 Å². The van der Waals surface area contributed by atoms with Crippen molar-refractivity contribution >= 4 is 34.7 Å². The second-order valence-electron chi connectivity index (χ2n) is 5.15. The molecule has 2 N–H and O–H groups in total. The van der Waals surface area contributed by atoms with Gasteiger partial charge >= 0.3 is 5.97 Å². The van der Waals surface area contributed by atoms with Crippen molar-refractivity contribution in [3.05, 3.63) is 71.3 Å². The first-order valence-electron chi connectivity index (χ1n) is 7.46. The SMILES string of the molecule is COC(=O)/C(=C/c1ccc(C)cc1)CSC(N)=Nc1ccccc1. The summed E-state index contributed by atoms with van der Waals surface area (Å²) in [6.45, 7) is 2.02. The number of nitrogens with zero attached hydrogens (tertiary/aromatic N) is 1. The number of hydrogen-bond donors (Lipinski definition) is 1. The van der Waals surface area contributed by atoms with Crippen LogP contribution >= 0.6 is 11.8 Å². The molecule has 0 bridgehead atoms. The van der Waals surface area contributed by atoms with E-state index in [0.29, 0.717) is 16.5 Å². The van der Waals surface area contributed by atoms with E-state index in [1.54, 1.807) is 0 Å². The maximum Gasteiger partial charge on any atom is 0.334 e. The third-order valence-electron chi connectivity index (χ3n) is 3.24. The highest BCUT2D eigenvalue weighted by Gasteiger charge is 2.11. The summed E-state index contributed by atoms with van der Waals surface area (Å²) >= 11 is 1.30. The number of esters is 1. The van der Waals surface area contributed by atoms with Gasteiger partial charge in [-0.3, -0.25) is 0 Å². The molecule has 2 aromatic rings. The number of thioether (sulfide) groups is 1. The lowest BCUT2D eigenvalue weighted by atomic mass is 10.1. The molecular formula is C19H20N2O2S. The fourth-order valence-corrected chi connectivity index (χ4v) is 2.64. The van der Waals surface area contributed by atoms with Gasteiger partial charge in [-0.05, 0) is 30.7 Å². The number of benzene rings is 2. The molecule has 0 aliphatic heterocycles. The number of carbonyl (C=O) groups is 1. The van der Waals surface area contributed by atoms with E-state index in [9.17, 15) is 4.79 Å². The van der Waals surface area contributed by atoms with Gasteiger partial charge in [-0.2, -0.15) is 0 Å². The van der Waals surface area contributed by atoms with Crippen molar-refractivity contribution in [2.45, 2.75) is 6.92 Å². The van der Waals surface area contributed by atoms with E-state index >= 15 is 0 Å². The Bertz CT molecular complexity index is 738. The van der Waals surface area contributed by atoms with Crippen LogP contribution in [-0.2, 0) is 9.53 Å². The Kier molecular flexibility index (Phi) is 6.63. The number of nitrogens with two attached hydrogens (primary N) is 1. The summed E-state index contributed by atoms with van der Waals surface area (Å²) in [6, 6.07) is 17.4. The highest BCUT2D eigenvalue weighted by atomic mass is 32.2. The van der Waals surface area contributed by atoms with Crippen LogP contribution in [0.25, 0.3) is 6.08 Å². The van der Waals surface area contributed by atoms with Crippen LogP contribution in [0.3, 0.4) is 0 Å². The second kappa shape index (κ2) is 8.93. The van der Waals surface area contributed by atoms with Crippen LogP contribution in [0.5, 0.6) is 0 Å². The Morgan fingerprint density at radius 1 is 1.17 bits per heavy atom. The van der Waals surface area contributed by atoms with Crippen molar-refractivity contribution in [3.8, 4) is 0 Å². The van der Waals surface area contributed by atoms with E-state index in [1.807, 2.05) is 67.6 Å². The largest absolute Gasteiger partial charge is 0.466 e. The van der Waals surface area contributed by atoms with E-state index in [1.165, 1.54) is 24.4 Å². The number of aryl methyl sites for hydroxylation is 1. The van der Waals surface area contributed by atoms with Gasteiger partial charge in [0.1, 0.15) is 0 Å². The molecule has 124 valence electrons.